The van der Waals surface area contributed by atoms with E-state index in [0.29, 0.717) is 23.8 Å². The Kier molecular flexibility index (Phi) is 5.16. The third kappa shape index (κ3) is 3.85. The van der Waals surface area contributed by atoms with Gasteiger partial charge in [0.25, 0.3) is 0 Å². The van der Waals surface area contributed by atoms with Crippen molar-refractivity contribution < 1.29 is 17.9 Å². The maximum atomic E-state index is 12.3. The van der Waals surface area contributed by atoms with Gasteiger partial charge in [-0.3, -0.25) is 9.71 Å². The highest BCUT2D eigenvalue weighted by molar-refractivity contribution is 7.92. The third-order valence-corrected chi connectivity index (χ3v) is 6.77. The van der Waals surface area contributed by atoms with Gasteiger partial charge in [-0.1, -0.05) is 0 Å². The third-order valence-electron chi connectivity index (χ3n) is 5.50. The summed E-state index contributed by atoms with van der Waals surface area (Å²) in [7, 11) is -3.45. The number of ether oxygens (including phenoxy) is 2. The highest BCUT2D eigenvalue weighted by Gasteiger charge is 2.32. The number of nitrogens with one attached hydrogen (secondary N) is 1. The van der Waals surface area contributed by atoms with E-state index in [0.717, 1.165) is 50.8 Å². The summed E-state index contributed by atoms with van der Waals surface area (Å²) in [6.45, 7) is 3.83. The first-order chi connectivity index (χ1) is 13.1. The average molecular weight is 394 g/mol. The Morgan fingerprint density at radius 2 is 2.11 bits per heavy atom. The molecule has 1 aromatic rings. The molecule has 1 aromatic carbocycles. The van der Waals surface area contributed by atoms with Gasteiger partial charge in [-0.05, 0) is 44.7 Å². The van der Waals surface area contributed by atoms with Crippen LogP contribution in [0.1, 0.15) is 50.6 Å². The fraction of sp³-hybridized carbons (Fsp3) is 0.632. The molecule has 0 radical (unpaired) electrons. The molecule has 2 heterocycles. The second kappa shape index (κ2) is 7.58. The smallest absolute Gasteiger partial charge is 0.232 e. The van der Waals surface area contributed by atoms with Crippen molar-refractivity contribution in [1.82, 2.24) is 4.90 Å². The molecular formula is C19H27N3O4S. The van der Waals surface area contributed by atoms with Crippen LogP contribution >= 0.6 is 0 Å². The molecule has 7 nitrogen and oxygen atoms in total. The fourth-order valence-corrected chi connectivity index (χ4v) is 4.66. The number of rotatable bonds is 6. The summed E-state index contributed by atoms with van der Waals surface area (Å²) in [4.78, 5) is 6.52. The first kappa shape index (κ1) is 18.4. The van der Waals surface area contributed by atoms with E-state index in [4.69, 9.17) is 9.47 Å². The van der Waals surface area contributed by atoms with E-state index in [9.17, 15) is 8.42 Å². The highest BCUT2D eigenvalue weighted by Crippen LogP contribution is 2.46. The molecule has 3 aliphatic rings. The molecule has 1 N–H and O–H groups in total. The normalized spacial score (nSPS) is 22.6. The Morgan fingerprint density at radius 3 is 2.81 bits per heavy atom. The lowest BCUT2D eigenvalue weighted by molar-refractivity contribution is 0.199. The van der Waals surface area contributed by atoms with Gasteiger partial charge >= 0.3 is 0 Å². The van der Waals surface area contributed by atoms with Gasteiger partial charge in [0, 0.05) is 18.5 Å². The van der Waals surface area contributed by atoms with Crippen molar-refractivity contribution >= 4 is 22.0 Å². The Labute approximate surface area is 160 Å². The molecule has 1 fully saturated rings. The van der Waals surface area contributed by atoms with E-state index < -0.39 is 10.0 Å². The maximum Gasteiger partial charge on any atom is 0.232 e. The summed E-state index contributed by atoms with van der Waals surface area (Å²) in [6, 6.07) is 4.05. The minimum Gasteiger partial charge on any atom is -0.491 e. The van der Waals surface area contributed by atoms with Gasteiger partial charge < -0.3 is 14.4 Å². The summed E-state index contributed by atoms with van der Waals surface area (Å²) in [5.41, 5.74) is 1.43. The molecule has 2 aliphatic heterocycles. The lowest BCUT2D eigenvalue weighted by atomic mass is 9.98. The first-order valence-electron chi connectivity index (χ1n) is 9.80. The fourth-order valence-electron chi connectivity index (χ4n) is 4.01. The van der Waals surface area contributed by atoms with Crippen molar-refractivity contribution in [2.24, 2.45) is 4.99 Å². The summed E-state index contributed by atoms with van der Waals surface area (Å²) in [5.74, 6) is 1.16. The Hall–Kier alpha value is -1.96. The van der Waals surface area contributed by atoms with E-state index in [2.05, 4.69) is 14.6 Å². The van der Waals surface area contributed by atoms with Gasteiger partial charge in [0.2, 0.25) is 10.0 Å². The summed E-state index contributed by atoms with van der Waals surface area (Å²) < 4.78 is 39.5. The maximum absolute atomic E-state index is 12.3. The quantitative estimate of drug-likeness (QED) is 0.804. The average Bonchev–Trinajstić information content (AvgIpc) is 3.37. The largest absolute Gasteiger partial charge is 0.491 e. The number of benzene rings is 1. The van der Waals surface area contributed by atoms with Gasteiger partial charge in [0.05, 0.1) is 37.4 Å². The van der Waals surface area contributed by atoms with Crippen molar-refractivity contribution in [1.29, 1.82) is 0 Å². The van der Waals surface area contributed by atoms with Crippen LogP contribution in [0.5, 0.6) is 11.5 Å². The molecule has 148 valence electrons. The second-order valence-corrected chi connectivity index (χ2v) is 9.31. The molecule has 1 saturated carbocycles. The van der Waals surface area contributed by atoms with Crippen LogP contribution in [0.15, 0.2) is 17.1 Å². The summed E-state index contributed by atoms with van der Waals surface area (Å²) in [5, 5.41) is 0. The number of nitrogens with zero attached hydrogens (tertiary/aromatic N) is 2. The van der Waals surface area contributed by atoms with E-state index in [1.165, 1.54) is 0 Å². The molecule has 27 heavy (non-hydrogen) atoms. The molecule has 0 spiro atoms. The van der Waals surface area contributed by atoms with Crippen molar-refractivity contribution in [2.45, 2.75) is 51.2 Å². The molecule has 0 saturated heterocycles. The number of hydrogen-bond donors (Lipinski definition) is 1. The van der Waals surface area contributed by atoms with Crippen LogP contribution in [0.2, 0.25) is 0 Å². The Balaban J connectivity index is 1.73. The monoisotopic (exact) mass is 393 g/mol. The number of fused-ring (bicyclic) bond motifs is 1. The lowest BCUT2D eigenvalue weighted by Crippen LogP contribution is -2.31. The van der Waals surface area contributed by atoms with Crippen LogP contribution in [0.4, 0.5) is 5.69 Å². The lowest BCUT2D eigenvalue weighted by Gasteiger charge is -2.34. The van der Waals surface area contributed by atoms with Crippen molar-refractivity contribution in [3.05, 3.63) is 17.7 Å². The molecule has 1 aliphatic carbocycles. The zero-order valence-corrected chi connectivity index (χ0v) is 16.5. The van der Waals surface area contributed by atoms with E-state index in [1.807, 2.05) is 18.5 Å². The molecule has 0 bridgehead atoms. The van der Waals surface area contributed by atoms with Crippen molar-refractivity contribution in [3.63, 3.8) is 0 Å². The van der Waals surface area contributed by atoms with Crippen LogP contribution in [0.3, 0.4) is 0 Å². The standard InChI is InChI=1S/C19H27N3O4S/c1-2-27(23,24)21-18-17(26-14-5-3-4-6-14)8-7-15-16(9-12-25-19(15)18)22-11-10-20-13-22/h7-8,13-14,16,21H,2-6,9-12H2,1H3. The van der Waals surface area contributed by atoms with E-state index in [1.54, 1.807) is 6.92 Å². The minimum absolute atomic E-state index is 0.00173. The number of anilines is 1. The minimum atomic E-state index is -3.45. The highest BCUT2D eigenvalue weighted by atomic mass is 32.2. The number of aliphatic imine (C=N–C) groups is 1. The van der Waals surface area contributed by atoms with Gasteiger partial charge in [-0.15, -0.1) is 0 Å². The second-order valence-electron chi connectivity index (χ2n) is 7.30. The van der Waals surface area contributed by atoms with Gasteiger partial charge in [0.1, 0.15) is 11.4 Å². The predicted molar refractivity (Wildman–Crippen MR) is 105 cm³/mol. The first-order valence-corrected chi connectivity index (χ1v) is 11.4. The van der Waals surface area contributed by atoms with Crippen molar-refractivity contribution in [2.75, 3.05) is 30.2 Å². The number of hydrogen-bond acceptors (Lipinski definition) is 6. The van der Waals surface area contributed by atoms with Crippen LogP contribution in [-0.2, 0) is 10.0 Å². The van der Waals surface area contributed by atoms with Crippen LogP contribution in [-0.4, -0.2) is 51.2 Å². The van der Waals surface area contributed by atoms with E-state index in [-0.39, 0.29) is 17.9 Å². The zero-order chi connectivity index (χ0) is 18.9. The summed E-state index contributed by atoms with van der Waals surface area (Å²) >= 11 is 0. The van der Waals surface area contributed by atoms with Crippen LogP contribution in [0.25, 0.3) is 0 Å². The number of sulfonamides is 1. The molecule has 8 heteroatoms. The van der Waals surface area contributed by atoms with Crippen molar-refractivity contribution in [3.8, 4) is 11.5 Å². The molecule has 1 unspecified atom stereocenters. The predicted octanol–water partition coefficient (Wildman–Crippen LogP) is 2.94. The SMILES string of the molecule is CCS(=O)(=O)Nc1c(OC2CCCC2)ccc2c1OCCC2N1C=NCC1. The zero-order valence-electron chi connectivity index (χ0n) is 15.7. The summed E-state index contributed by atoms with van der Waals surface area (Å²) in [6.07, 6.45) is 7.19. The molecule has 1 atom stereocenters. The van der Waals surface area contributed by atoms with Gasteiger partial charge in [-0.2, -0.15) is 0 Å². The van der Waals surface area contributed by atoms with Gasteiger partial charge in [0.15, 0.2) is 5.75 Å². The molecule has 0 aromatic heterocycles. The van der Waals surface area contributed by atoms with Gasteiger partial charge in [-0.25, -0.2) is 8.42 Å². The Morgan fingerprint density at radius 1 is 1.30 bits per heavy atom. The van der Waals surface area contributed by atoms with Crippen LogP contribution < -0.4 is 14.2 Å². The molecule has 4 rings (SSSR count). The Bertz CT molecular complexity index is 818. The van der Waals surface area contributed by atoms with Crippen LogP contribution in [0, 0.1) is 0 Å². The topological polar surface area (TPSA) is 80.2 Å². The molecule has 0 amide bonds. The molecular weight excluding hydrogens is 366 g/mol. The van der Waals surface area contributed by atoms with E-state index >= 15 is 0 Å².